The Morgan fingerprint density at radius 2 is 1.17 bits per heavy atom. The summed E-state index contributed by atoms with van der Waals surface area (Å²) in [6.45, 7) is 9.73. The minimum absolute atomic E-state index is 0. The molecule has 0 spiro atoms. The van der Waals surface area contributed by atoms with Crippen LogP contribution in [0.1, 0.15) is 23.6 Å². The third kappa shape index (κ3) is 6.83. The zero-order valence-corrected chi connectivity index (χ0v) is 11.8. The second kappa shape index (κ2) is 8.93. The first-order valence-electron chi connectivity index (χ1n) is 4.10. The van der Waals surface area contributed by atoms with Crippen molar-refractivity contribution in [2.45, 2.75) is 27.3 Å². The smallest absolute Gasteiger partial charge is 1.00 e. The molecule has 0 aromatic heterocycles. The van der Waals surface area contributed by atoms with E-state index in [-0.39, 0.29) is 40.6 Å². The molecule has 0 bridgehead atoms. The third-order valence-electron chi connectivity index (χ3n) is 1.22. The molecule has 0 aromatic carbocycles. The fraction of sp³-hybridized carbons (Fsp3) is 1.00. The van der Waals surface area contributed by atoms with Gasteiger partial charge in [-0.3, -0.25) is 0 Å². The predicted octanol–water partition coefficient (Wildman–Crippen LogP) is 1.51. The predicted molar refractivity (Wildman–Crippen MR) is 54.5 cm³/mol. The first-order chi connectivity index (χ1) is 5.18. The molecular formula is C7H20CaO3Si. The first kappa shape index (κ1) is 15.8. The molecule has 0 aromatic rings. The summed E-state index contributed by atoms with van der Waals surface area (Å²) in [6, 6.07) is 0. The number of hydrogen-bond donors (Lipinski definition) is 0. The number of rotatable bonds is 6. The van der Waals surface area contributed by atoms with Gasteiger partial charge in [-0.25, -0.2) is 0 Å². The average molecular weight is 220 g/mol. The van der Waals surface area contributed by atoms with Gasteiger partial charge in [-0.2, -0.15) is 0 Å². The summed E-state index contributed by atoms with van der Waals surface area (Å²) in [4.78, 5) is 0. The molecule has 5 heteroatoms. The van der Waals surface area contributed by atoms with Crippen LogP contribution in [-0.2, 0) is 13.3 Å². The molecule has 0 unspecified atom stereocenters. The van der Waals surface area contributed by atoms with Crippen molar-refractivity contribution in [2.75, 3.05) is 19.8 Å². The van der Waals surface area contributed by atoms with E-state index >= 15 is 0 Å². The van der Waals surface area contributed by atoms with Crippen molar-refractivity contribution in [3.63, 3.8) is 0 Å². The van der Waals surface area contributed by atoms with Crippen LogP contribution in [0.4, 0.5) is 0 Å². The summed E-state index contributed by atoms with van der Waals surface area (Å²) in [6.07, 6.45) is 0. The molecule has 0 amide bonds. The molecule has 0 aliphatic rings. The maximum absolute atomic E-state index is 5.40. The van der Waals surface area contributed by atoms with Gasteiger partial charge in [0.15, 0.2) is 0 Å². The van der Waals surface area contributed by atoms with E-state index in [1.165, 1.54) is 0 Å². The van der Waals surface area contributed by atoms with Gasteiger partial charge in [0.05, 0.1) is 0 Å². The van der Waals surface area contributed by atoms with Gasteiger partial charge in [-0.05, 0) is 20.8 Å². The van der Waals surface area contributed by atoms with Crippen LogP contribution in [0, 0.1) is 0 Å². The van der Waals surface area contributed by atoms with Crippen LogP contribution in [0.2, 0.25) is 6.55 Å². The molecule has 12 heavy (non-hydrogen) atoms. The van der Waals surface area contributed by atoms with Gasteiger partial charge < -0.3 is 16.1 Å². The molecule has 72 valence electrons. The van der Waals surface area contributed by atoms with Gasteiger partial charge in [-0.1, -0.05) is 0 Å². The summed E-state index contributed by atoms with van der Waals surface area (Å²) in [5.74, 6) is 0. The van der Waals surface area contributed by atoms with E-state index in [1.54, 1.807) is 0 Å². The summed E-state index contributed by atoms with van der Waals surface area (Å²) in [5.41, 5.74) is 0. The molecule has 0 N–H and O–H groups in total. The van der Waals surface area contributed by atoms with Crippen molar-refractivity contribution in [1.82, 2.24) is 0 Å². The Labute approximate surface area is 109 Å². The molecule has 0 heterocycles. The van der Waals surface area contributed by atoms with E-state index in [1.807, 2.05) is 27.3 Å². The van der Waals surface area contributed by atoms with E-state index in [9.17, 15) is 0 Å². The molecule has 0 saturated carbocycles. The molecule has 0 aliphatic carbocycles. The Balaban J connectivity index is -0.000000167. The Kier molecular flexibility index (Phi) is 11.8. The van der Waals surface area contributed by atoms with Crippen molar-refractivity contribution in [2.24, 2.45) is 0 Å². The molecule has 0 fully saturated rings. The maximum atomic E-state index is 5.40. The molecule has 0 atom stereocenters. The van der Waals surface area contributed by atoms with Crippen LogP contribution < -0.4 is 0 Å². The first-order valence-corrected chi connectivity index (χ1v) is 6.32. The van der Waals surface area contributed by atoms with Crippen LogP contribution in [0.3, 0.4) is 0 Å². The minimum atomic E-state index is -2.25. The fourth-order valence-corrected chi connectivity index (χ4v) is 2.73. The summed E-state index contributed by atoms with van der Waals surface area (Å²) in [7, 11) is -2.25. The second-order valence-electron chi connectivity index (χ2n) is 2.16. The molecule has 0 radical (unpaired) electrons. The van der Waals surface area contributed by atoms with Crippen molar-refractivity contribution in [3.05, 3.63) is 0 Å². The quantitative estimate of drug-likeness (QED) is 0.635. The van der Waals surface area contributed by atoms with Crippen LogP contribution in [0.5, 0.6) is 0 Å². The number of hydrogen-bond acceptors (Lipinski definition) is 3. The van der Waals surface area contributed by atoms with Crippen molar-refractivity contribution in [3.8, 4) is 0 Å². The Morgan fingerprint density at radius 3 is 1.33 bits per heavy atom. The van der Waals surface area contributed by atoms with E-state index < -0.39 is 8.80 Å². The van der Waals surface area contributed by atoms with Crippen LogP contribution in [-0.4, -0.2) is 66.4 Å². The standard InChI is InChI=1S/C7H18O3Si.Ca.2H/c1-5-8-11(4,9-6-2)10-7-3;;;/h5-7H2,1-4H3;;;/q;+2;2*-1. The summed E-state index contributed by atoms with van der Waals surface area (Å²) < 4.78 is 16.2. The maximum Gasteiger partial charge on any atom is 2.00 e. The fourth-order valence-electron chi connectivity index (χ4n) is 0.912. The SMILES string of the molecule is CCO[Si](C)(OCC)OCC.[Ca+2].[H-].[H-]. The Bertz CT molecular complexity index is 93.9. The van der Waals surface area contributed by atoms with Gasteiger partial charge in [0.25, 0.3) is 0 Å². The van der Waals surface area contributed by atoms with Gasteiger partial charge in [-0.15, -0.1) is 0 Å². The van der Waals surface area contributed by atoms with Gasteiger partial charge in [0, 0.05) is 26.4 Å². The third-order valence-corrected chi connectivity index (χ3v) is 3.66. The zero-order valence-electron chi connectivity index (χ0n) is 10.6. The van der Waals surface area contributed by atoms with Gasteiger partial charge in [0.2, 0.25) is 0 Å². The normalized spacial score (nSPS) is 11.0. The summed E-state index contributed by atoms with van der Waals surface area (Å²) >= 11 is 0. The average Bonchev–Trinajstić information content (AvgIpc) is 1.88. The van der Waals surface area contributed by atoms with E-state index in [2.05, 4.69) is 0 Å². The topological polar surface area (TPSA) is 27.7 Å². The monoisotopic (exact) mass is 220 g/mol. The largest absolute Gasteiger partial charge is 2.00 e. The molecule has 0 rings (SSSR count). The van der Waals surface area contributed by atoms with Crippen LogP contribution in [0.25, 0.3) is 0 Å². The molecular weight excluding hydrogens is 200 g/mol. The second-order valence-corrected chi connectivity index (χ2v) is 4.75. The van der Waals surface area contributed by atoms with Gasteiger partial charge >= 0.3 is 46.5 Å². The Morgan fingerprint density at radius 1 is 0.917 bits per heavy atom. The minimum Gasteiger partial charge on any atom is -1.00 e. The Hall–Kier alpha value is 1.36. The molecule has 0 saturated heterocycles. The molecule has 0 aliphatic heterocycles. The van der Waals surface area contributed by atoms with E-state index in [4.69, 9.17) is 13.3 Å². The molecule has 3 nitrogen and oxygen atoms in total. The van der Waals surface area contributed by atoms with E-state index in [0.29, 0.717) is 19.8 Å². The van der Waals surface area contributed by atoms with Crippen molar-refractivity contribution >= 4 is 46.5 Å². The van der Waals surface area contributed by atoms with Crippen LogP contribution >= 0.6 is 0 Å². The zero-order chi connectivity index (χ0) is 8.74. The van der Waals surface area contributed by atoms with Gasteiger partial charge in [0.1, 0.15) is 0 Å². The van der Waals surface area contributed by atoms with E-state index in [0.717, 1.165) is 0 Å². The van der Waals surface area contributed by atoms with Crippen molar-refractivity contribution in [1.29, 1.82) is 0 Å². The summed E-state index contributed by atoms with van der Waals surface area (Å²) in [5, 5.41) is 0. The van der Waals surface area contributed by atoms with Crippen LogP contribution in [0.15, 0.2) is 0 Å². The van der Waals surface area contributed by atoms with Crippen molar-refractivity contribution < 1.29 is 16.1 Å².